The van der Waals surface area contributed by atoms with Gasteiger partial charge in [0.25, 0.3) is 0 Å². The molecule has 1 N–H and O–H groups in total. The molecule has 0 saturated carbocycles. The van der Waals surface area contributed by atoms with Crippen LogP contribution in [-0.2, 0) is 6.56 Å². The first kappa shape index (κ1) is 5.61. The van der Waals surface area contributed by atoms with Gasteiger partial charge in [-0.3, -0.25) is 0 Å². The maximum absolute atomic E-state index is 9.04. The van der Waals surface area contributed by atoms with Crippen LogP contribution in [0.4, 0.5) is 5.69 Å². The van der Waals surface area contributed by atoms with E-state index in [1.54, 1.807) is 24.3 Å². The first-order valence-electron chi connectivity index (χ1n) is 4.41. The molecule has 1 aromatic carbocycles. The summed E-state index contributed by atoms with van der Waals surface area (Å²) in [6.07, 6.45) is 0. The molecule has 0 fully saturated rings. The van der Waals surface area contributed by atoms with E-state index in [-0.39, 0.29) is 5.56 Å². The highest BCUT2D eigenvalue weighted by molar-refractivity contribution is 5.45. The second kappa shape index (κ2) is 3.39. The standard InChI is InChI=1S/C9H13NO/c1-10(2)9-5-3-8(7-11)4-6-9/h3-6,11H,7H2,1-2H3/i7D2. The minimum atomic E-state index is -2.25. The van der Waals surface area contributed by atoms with Crippen molar-refractivity contribution in [2.24, 2.45) is 0 Å². The van der Waals surface area contributed by atoms with Gasteiger partial charge in [0.1, 0.15) is 0 Å². The van der Waals surface area contributed by atoms with E-state index in [1.807, 2.05) is 19.0 Å². The van der Waals surface area contributed by atoms with Gasteiger partial charge < -0.3 is 10.0 Å². The molecular weight excluding hydrogens is 138 g/mol. The highest BCUT2D eigenvalue weighted by Gasteiger charge is 1.93. The van der Waals surface area contributed by atoms with E-state index in [2.05, 4.69) is 0 Å². The third-order valence-corrected chi connectivity index (χ3v) is 1.51. The molecule has 0 unspecified atom stereocenters. The van der Waals surface area contributed by atoms with E-state index in [9.17, 15) is 0 Å². The first-order chi connectivity index (χ1) is 5.91. The van der Waals surface area contributed by atoms with Crippen molar-refractivity contribution in [3.63, 3.8) is 0 Å². The molecule has 2 heteroatoms. The molecule has 1 aromatic rings. The van der Waals surface area contributed by atoms with Crippen LogP contribution in [0.15, 0.2) is 24.3 Å². The molecule has 11 heavy (non-hydrogen) atoms. The Hall–Kier alpha value is -1.02. The number of rotatable bonds is 2. The van der Waals surface area contributed by atoms with E-state index in [0.29, 0.717) is 0 Å². The minimum Gasteiger partial charge on any atom is -0.392 e. The topological polar surface area (TPSA) is 23.5 Å². The Bertz CT molecular complexity index is 277. The molecule has 0 saturated heterocycles. The van der Waals surface area contributed by atoms with Gasteiger partial charge in [-0.1, -0.05) is 12.1 Å². The Morgan fingerprint density at radius 1 is 1.36 bits per heavy atom. The number of anilines is 1. The molecule has 0 atom stereocenters. The lowest BCUT2D eigenvalue weighted by Crippen LogP contribution is -2.08. The summed E-state index contributed by atoms with van der Waals surface area (Å²) in [7, 11) is 3.81. The molecule has 60 valence electrons. The summed E-state index contributed by atoms with van der Waals surface area (Å²) in [5.74, 6) is 0. The number of hydrogen-bond acceptors (Lipinski definition) is 2. The second-order valence-corrected chi connectivity index (χ2v) is 2.55. The maximum Gasteiger partial charge on any atom is 0.0681 e. The molecule has 0 aliphatic rings. The molecule has 0 heterocycles. The van der Waals surface area contributed by atoms with E-state index < -0.39 is 6.56 Å². The van der Waals surface area contributed by atoms with Crippen LogP contribution in [0.5, 0.6) is 0 Å². The number of hydrogen-bond donors (Lipinski definition) is 1. The Morgan fingerprint density at radius 3 is 2.27 bits per heavy atom. The Morgan fingerprint density at radius 2 is 1.91 bits per heavy atom. The molecule has 0 aliphatic heterocycles. The summed E-state index contributed by atoms with van der Waals surface area (Å²) in [6, 6.07) is 6.69. The van der Waals surface area contributed by atoms with Crippen molar-refractivity contribution in [3.8, 4) is 0 Å². The summed E-state index contributed by atoms with van der Waals surface area (Å²) < 4.78 is 14.1. The van der Waals surface area contributed by atoms with Crippen LogP contribution < -0.4 is 4.90 Å². The average Bonchev–Trinajstić information content (AvgIpc) is 2.03. The number of nitrogens with zero attached hydrogens (tertiary/aromatic N) is 1. The van der Waals surface area contributed by atoms with Crippen LogP contribution in [0.2, 0.25) is 0 Å². The van der Waals surface area contributed by atoms with Gasteiger partial charge in [0, 0.05) is 19.8 Å². The zero-order chi connectivity index (χ0) is 10.1. The van der Waals surface area contributed by atoms with Gasteiger partial charge in [-0.15, -0.1) is 0 Å². The van der Waals surface area contributed by atoms with Crippen LogP contribution in [0, 0.1) is 0 Å². The van der Waals surface area contributed by atoms with E-state index in [4.69, 9.17) is 7.85 Å². The van der Waals surface area contributed by atoms with Crippen molar-refractivity contribution < 1.29 is 7.85 Å². The summed E-state index contributed by atoms with van der Waals surface area (Å²) in [6.45, 7) is -2.25. The normalized spacial score (nSPS) is 13.7. The van der Waals surface area contributed by atoms with E-state index in [1.165, 1.54) is 0 Å². The molecule has 2 nitrogen and oxygen atoms in total. The summed E-state index contributed by atoms with van der Waals surface area (Å²) in [4.78, 5) is 1.91. The van der Waals surface area contributed by atoms with Crippen molar-refractivity contribution in [2.45, 2.75) is 6.56 Å². The van der Waals surface area contributed by atoms with Gasteiger partial charge in [-0.2, -0.15) is 0 Å². The van der Waals surface area contributed by atoms with Crippen molar-refractivity contribution >= 4 is 5.69 Å². The van der Waals surface area contributed by atoms with Crippen molar-refractivity contribution in [3.05, 3.63) is 29.8 Å². The largest absolute Gasteiger partial charge is 0.392 e. The van der Waals surface area contributed by atoms with Crippen molar-refractivity contribution in [1.82, 2.24) is 0 Å². The molecule has 0 amide bonds. The highest BCUT2D eigenvalue weighted by Crippen LogP contribution is 2.11. The van der Waals surface area contributed by atoms with Gasteiger partial charge in [0.05, 0.1) is 9.30 Å². The van der Waals surface area contributed by atoms with Crippen molar-refractivity contribution in [1.29, 1.82) is 0 Å². The van der Waals surface area contributed by atoms with Gasteiger partial charge in [0.15, 0.2) is 0 Å². The number of aliphatic hydroxyl groups is 1. The lowest BCUT2D eigenvalue weighted by atomic mass is 10.2. The third-order valence-electron chi connectivity index (χ3n) is 1.51. The predicted octanol–water partition coefficient (Wildman–Crippen LogP) is 1.24. The Labute approximate surface area is 69.9 Å². The van der Waals surface area contributed by atoms with Gasteiger partial charge in [-0.25, -0.2) is 0 Å². The fourth-order valence-electron chi connectivity index (χ4n) is 0.834. The van der Waals surface area contributed by atoms with Crippen LogP contribution >= 0.6 is 0 Å². The zero-order valence-electron chi connectivity index (χ0n) is 8.70. The molecule has 1 rings (SSSR count). The lowest BCUT2D eigenvalue weighted by Gasteiger charge is -2.11. The van der Waals surface area contributed by atoms with E-state index >= 15 is 0 Å². The molecule has 0 aliphatic carbocycles. The van der Waals surface area contributed by atoms with Crippen molar-refractivity contribution in [2.75, 3.05) is 19.0 Å². The zero-order valence-corrected chi connectivity index (χ0v) is 6.70. The Balaban J connectivity index is 2.94. The third kappa shape index (κ3) is 1.95. The smallest absolute Gasteiger partial charge is 0.0681 e. The fraction of sp³-hybridized carbons (Fsp3) is 0.333. The maximum atomic E-state index is 9.04. The second-order valence-electron chi connectivity index (χ2n) is 2.55. The molecule has 0 bridgehead atoms. The van der Waals surface area contributed by atoms with Crippen LogP contribution in [-0.4, -0.2) is 19.2 Å². The quantitative estimate of drug-likeness (QED) is 0.691. The average molecular weight is 153 g/mol. The predicted molar refractivity (Wildman–Crippen MR) is 46.7 cm³/mol. The van der Waals surface area contributed by atoms with Crippen LogP contribution in [0.1, 0.15) is 8.30 Å². The molecular formula is C9H13NO. The van der Waals surface area contributed by atoms with Gasteiger partial charge >= 0.3 is 0 Å². The Kier molecular flexibility index (Phi) is 1.73. The fourth-order valence-corrected chi connectivity index (χ4v) is 0.834. The first-order valence-corrected chi connectivity index (χ1v) is 3.41. The summed E-state index contributed by atoms with van der Waals surface area (Å²) in [5, 5.41) is 9.04. The molecule has 0 aromatic heterocycles. The van der Waals surface area contributed by atoms with Crippen LogP contribution in [0.3, 0.4) is 0 Å². The lowest BCUT2D eigenvalue weighted by molar-refractivity contribution is 0.282. The molecule has 0 radical (unpaired) electrons. The summed E-state index contributed by atoms with van der Waals surface area (Å²) >= 11 is 0. The van der Waals surface area contributed by atoms with Gasteiger partial charge in [-0.05, 0) is 17.7 Å². The monoisotopic (exact) mass is 153 g/mol. The SMILES string of the molecule is [2H]C([2H])(O)c1ccc(N(C)C)cc1. The number of benzene rings is 1. The summed E-state index contributed by atoms with van der Waals surface area (Å²) in [5.41, 5.74) is 1.26. The minimum absolute atomic E-state index is 0.276. The van der Waals surface area contributed by atoms with Crippen LogP contribution in [0.25, 0.3) is 0 Å². The van der Waals surface area contributed by atoms with E-state index in [0.717, 1.165) is 5.69 Å². The molecule has 0 spiro atoms. The van der Waals surface area contributed by atoms with Gasteiger partial charge in [0.2, 0.25) is 0 Å². The highest BCUT2D eigenvalue weighted by atomic mass is 16.3.